The van der Waals surface area contributed by atoms with Crippen LogP contribution in [0.3, 0.4) is 0 Å². The maximum Gasteiger partial charge on any atom is 0.313 e. The molecule has 0 unspecified atom stereocenters. The Hall–Kier alpha value is 0.439. The molecule has 0 atom stereocenters. The van der Waals surface area contributed by atoms with Crippen molar-refractivity contribution in [1.82, 2.24) is 0 Å². The standard InChI is InChI=1S/2C2H4O2S.Sn/c2*3-2(4)1-5;/h2*5H,1H2,(H,3,4);. The van der Waals surface area contributed by atoms with E-state index in [1.165, 1.54) is 0 Å². The molecule has 0 saturated heterocycles. The summed E-state index contributed by atoms with van der Waals surface area (Å²) in [7, 11) is 0. The van der Waals surface area contributed by atoms with Crippen LogP contribution in [0.2, 0.25) is 0 Å². The van der Waals surface area contributed by atoms with E-state index in [9.17, 15) is 9.59 Å². The van der Waals surface area contributed by atoms with Gasteiger partial charge in [-0.25, -0.2) is 0 Å². The van der Waals surface area contributed by atoms with Crippen LogP contribution >= 0.6 is 25.3 Å². The van der Waals surface area contributed by atoms with Crippen LogP contribution in [-0.4, -0.2) is 57.6 Å². The van der Waals surface area contributed by atoms with Crippen LogP contribution in [0.5, 0.6) is 0 Å². The number of carboxylic acids is 2. The van der Waals surface area contributed by atoms with Gasteiger partial charge in [0.25, 0.3) is 0 Å². The summed E-state index contributed by atoms with van der Waals surface area (Å²) >= 11 is 6.83. The smallest absolute Gasteiger partial charge is 0.313 e. The minimum Gasteiger partial charge on any atom is -0.481 e. The molecule has 0 aliphatic carbocycles. The molecule has 0 fully saturated rings. The Morgan fingerprint density at radius 1 is 1.00 bits per heavy atom. The van der Waals surface area contributed by atoms with Gasteiger partial charge in [0.1, 0.15) is 0 Å². The summed E-state index contributed by atoms with van der Waals surface area (Å²) in [6, 6.07) is 0. The third-order valence-corrected chi connectivity index (χ3v) is 0.812. The molecule has 0 bridgehead atoms. The second-order valence-corrected chi connectivity index (χ2v) is 1.74. The van der Waals surface area contributed by atoms with E-state index in [1.807, 2.05) is 0 Å². The van der Waals surface area contributed by atoms with Gasteiger partial charge in [-0.1, -0.05) is 0 Å². The van der Waals surface area contributed by atoms with Crippen molar-refractivity contribution < 1.29 is 19.8 Å². The first kappa shape index (κ1) is 17.5. The van der Waals surface area contributed by atoms with Crippen molar-refractivity contribution in [1.29, 1.82) is 0 Å². The van der Waals surface area contributed by atoms with E-state index in [1.54, 1.807) is 0 Å². The van der Waals surface area contributed by atoms with E-state index < -0.39 is 11.9 Å². The monoisotopic (exact) mass is 304 g/mol. The first-order valence-electron chi connectivity index (χ1n) is 2.20. The first-order chi connectivity index (χ1) is 4.54. The van der Waals surface area contributed by atoms with Gasteiger partial charge < -0.3 is 10.2 Å². The number of hydrogen-bond acceptors (Lipinski definition) is 4. The second-order valence-electron chi connectivity index (χ2n) is 1.10. The number of aliphatic carboxylic acids is 2. The largest absolute Gasteiger partial charge is 0.481 e. The fraction of sp³-hybridized carbons (Fsp3) is 0.500. The van der Waals surface area contributed by atoms with Crippen LogP contribution in [-0.2, 0) is 9.59 Å². The quantitative estimate of drug-likeness (QED) is 0.414. The molecule has 0 heterocycles. The molecule has 7 heteroatoms. The molecule has 4 nitrogen and oxygen atoms in total. The summed E-state index contributed by atoms with van der Waals surface area (Å²) in [5.41, 5.74) is 0. The van der Waals surface area contributed by atoms with Crippen LogP contribution in [0.4, 0.5) is 0 Å². The summed E-state index contributed by atoms with van der Waals surface area (Å²) in [6.45, 7) is 0. The van der Waals surface area contributed by atoms with Gasteiger partial charge in [0.2, 0.25) is 0 Å². The molecule has 0 aromatic rings. The van der Waals surface area contributed by atoms with Crippen molar-refractivity contribution in [2.45, 2.75) is 0 Å². The average Bonchev–Trinajstić information content (AvgIpc) is 1.89. The zero-order valence-corrected chi connectivity index (χ0v) is 10.2. The summed E-state index contributed by atoms with van der Waals surface area (Å²) in [5, 5.41) is 15.3. The summed E-state index contributed by atoms with van der Waals surface area (Å²) in [5.74, 6) is -1.93. The van der Waals surface area contributed by atoms with Crippen LogP contribution in [0, 0.1) is 0 Å². The van der Waals surface area contributed by atoms with Crippen molar-refractivity contribution in [3.05, 3.63) is 0 Å². The topological polar surface area (TPSA) is 74.6 Å². The van der Waals surface area contributed by atoms with E-state index in [2.05, 4.69) is 25.3 Å². The van der Waals surface area contributed by atoms with Crippen molar-refractivity contribution in [2.24, 2.45) is 0 Å². The molecular weight excluding hydrogens is 295 g/mol. The maximum atomic E-state index is 9.29. The number of hydrogen-bond donors (Lipinski definition) is 4. The number of carbonyl (C=O) groups is 2. The average molecular weight is 303 g/mol. The number of thiol groups is 2. The van der Waals surface area contributed by atoms with Crippen molar-refractivity contribution in [3.63, 3.8) is 0 Å². The SMILES string of the molecule is O=C(O)CS.O=C(O)CS.[Sn]. The van der Waals surface area contributed by atoms with Gasteiger partial charge in [0.05, 0.1) is 11.5 Å². The van der Waals surface area contributed by atoms with Gasteiger partial charge in [-0.2, -0.15) is 25.3 Å². The molecule has 4 radical (unpaired) electrons. The van der Waals surface area contributed by atoms with Crippen molar-refractivity contribution in [3.8, 4) is 0 Å². The van der Waals surface area contributed by atoms with Gasteiger partial charge in [-0.3, -0.25) is 9.59 Å². The molecule has 64 valence electrons. The van der Waals surface area contributed by atoms with Crippen LogP contribution < -0.4 is 0 Å². The van der Waals surface area contributed by atoms with E-state index >= 15 is 0 Å². The second kappa shape index (κ2) is 13.1. The Balaban J connectivity index is -0.000000107. The molecule has 0 saturated carbocycles. The van der Waals surface area contributed by atoms with Gasteiger partial charge in [0, 0.05) is 23.9 Å². The molecule has 0 aromatic carbocycles. The molecule has 2 N–H and O–H groups in total. The zero-order valence-electron chi connectivity index (χ0n) is 5.52. The maximum absolute atomic E-state index is 9.29. The Labute approximate surface area is 92.1 Å². The summed E-state index contributed by atoms with van der Waals surface area (Å²) in [6.07, 6.45) is 0. The molecular formula is C4H8O4S2Sn. The van der Waals surface area contributed by atoms with Gasteiger partial charge in [0.15, 0.2) is 0 Å². The predicted octanol–water partition coefficient (Wildman–Crippen LogP) is -0.379. The molecule has 0 aliphatic rings. The van der Waals surface area contributed by atoms with Gasteiger partial charge in [-0.05, 0) is 0 Å². The Morgan fingerprint density at radius 3 is 1.09 bits per heavy atom. The Bertz CT molecular complexity index is 105. The number of carboxylic acid groups (broad SMARTS) is 2. The zero-order chi connectivity index (χ0) is 8.57. The summed E-state index contributed by atoms with van der Waals surface area (Å²) in [4.78, 5) is 18.6. The van der Waals surface area contributed by atoms with E-state index in [0.717, 1.165) is 0 Å². The van der Waals surface area contributed by atoms with Crippen LogP contribution in [0.25, 0.3) is 0 Å². The fourth-order valence-electron chi connectivity index (χ4n) is 0. The van der Waals surface area contributed by atoms with Crippen molar-refractivity contribution >= 4 is 61.1 Å². The number of rotatable bonds is 2. The van der Waals surface area contributed by atoms with Crippen LogP contribution in [0.1, 0.15) is 0 Å². The molecule has 0 spiro atoms. The molecule has 0 aliphatic heterocycles. The third-order valence-electron chi connectivity index (χ3n) is 0.271. The van der Waals surface area contributed by atoms with Gasteiger partial charge in [-0.15, -0.1) is 0 Å². The van der Waals surface area contributed by atoms with Gasteiger partial charge >= 0.3 is 11.9 Å². The Morgan fingerprint density at radius 2 is 1.09 bits per heavy atom. The van der Waals surface area contributed by atoms with E-state index in [-0.39, 0.29) is 35.4 Å². The minimum absolute atomic E-state index is 0. The molecule has 0 amide bonds. The normalized spacial score (nSPS) is 6.73. The molecule has 0 aromatic heterocycles. The minimum atomic E-state index is -0.881. The molecule has 11 heavy (non-hydrogen) atoms. The van der Waals surface area contributed by atoms with E-state index in [4.69, 9.17) is 10.2 Å². The predicted molar refractivity (Wildman–Crippen MR) is 48.7 cm³/mol. The third kappa shape index (κ3) is 37.7. The van der Waals surface area contributed by atoms with Crippen molar-refractivity contribution in [2.75, 3.05) is 11.5 Å². The van der Waals surface area contributed by atoms with Crippen LogP contribution in [0.15, 0.2) is 0 Å². The molecule has 0 rings (SSSR count). The van der Waals surface area contributed by atoms with E-state index in [0.29, 0.717) is 0 Å². The summed E-state index contributed by atoms with van der Waals surface area (Å²) < 4.78 is 0. The first-order valence-corrected chi connectivity index (χ1v) is 3.46. The fourth-order valence-corrected chi connectivity index (χ4v) is 0. The Kier molecular flexibility index (Phi) is 20.8.